The number of pyridine rings is 1. The molecule has 0 aliphatic rings. The van der Waals surface area contributed by atoms with Crippen LogP contribution in [0.2, 0.25) is 5.02 Å². The molecule has 6 nitrogen and oxygen atoms in total. The van der Waals surface area contributed by atoms with Gasteiger partial charge in [0, 0.05) is 29.4 Å². The Labute approximate surface area is 141 Å². The van der Waals surface area contributed by atoms with E-state index in [0.29, 0.717) is 34.0 Å². The molecule has 7 heteroatoms. The largest absolute Gasteiger partial charge is 0.308 e. The van der Waals surface area contributed by atoms with E-state index in [-0.39, 0.29) is 5.56 Å². The fraction of sp³-hybridized carbons (Fsp3) is 0.0588. The lowest BCUT2D eigenvalue weighted by Gasteiger charge is -2.03. The number of nitrogens with zero attached hydrogens (tertiary/aromatic N) is 3. The molecule has 0 atom stereocenters. The van der Waals surface area contributed by atoms with Crippen LogP contribution in [0.4, 0.5) is 0 Å². The molecule has 0 spiro atoms. The summed E-state index contributed by atoms with van der Waals surface area (Å²) in [4.78, 5) is 23.7. The number of benzene rings is 1. The first-order valence-electron chi connectivity index (χ1n) is 7.33. The van der Waals surface area contributed by atoms with Gasteiger partial charge in [0.05, 0.1) is 0 Å². The lowest BCUT2D eigenvalue weighted by molar-refractivity contribution is 0.970. The number of nitrogens with one attached hydrogen (secondary N) is 2. The van der Waals surface area contributed by atoms with E-state index in [1.54, 1.807) is 18.5 Å². The van der Waals surface area contributed by atoms with Crippen molar-refractivity contribution < 1.29 is 0 Å². The van der Waals surface area contributed by atoms with E-state index in [9.17, 15) is 4.79 Å². The highest BCUT2D eigenvalue weighted by Crippen LogP contribution is 2.22. The molecular formula is C17H12ClN5O. The highest BCUT2D eigenvalue weighted by atomic mass is 35.5. The predicted molar refractivity (Wildman–Crippen MR) is 92.0 cm³/mol. The zero-order chi connectivity index (χ0) is 16.5. The standard InChI is InChI=1S/C17H12ClN5O/c18-12-5-1-3-10(7-12)8-13-20-15-14(11-4-2-6-19-9-11)22-23-16(15)17(24)21-13/h1-7,9H,8H2,(H,22,23)(H,20,21,24). The Morgan fingerprint density at radius 1 is 1.17 bits per heavy atom. The van der Waals surface area contributed by atoms with E-state index in [2.05, 4.69) is 25.1 Å². The van der Waals surface area contributed by atoms with Crippen molar-refractivity contribution in [2.24, 2.45) is 0 Å². The minimum Gasteiger partial charge on any atom is -0.308 e. The maximum atomic E-state index is 12.3. The van der Waals surface area contributed by atoms with Gasteiger partial charge in [0.1, 0.15) is 22.6 Å². The van der Waals surface area contributed by atoms with Gasteiger partial charge in [0.25, 0.3) is 5.56 Å². The second-order valence-corrected chi connectivity index (χ2v) is 5.79. The monoisotopic (exact) mass is 337 g/mol. The van der Waals surface area contributed by atoms with Crippen LogP contribution in [0.3, 0.4) is 0 Å². The number of aromatic amines is 2. The van der Waals surface area contributed by atoms with Crippen LogP contribution in [0.1, 0.15) is 11.4 Å². The number of halogens is 1. The van der Waals surface area contributed by atoms with Crippen LogP contribution in [-0.2, 0) is 6.42 Å². The average Bonchev–Trinajstić information content (AvgIpc) is 3.00. The smallest absolute Gasteiger partial charge is 0.276 e. The Kier molecular flexibility index (Phi) is 3.59. The van der Waals surface area contributed by atoms with E-state index in [1.807, 2.05) is 30.3 Å². The Bertz CT molecular complexity index is 1070. The Hall–Kier alpha value is -2.99. The minimum atomic E-state index is -0.250. The molecule has 0 radical (unpaired) electrons. The van der Waals surface area contributed by atoms with Crippen LogP contribution in [0.15, 0.2) is 53.6 Å². The highest BCUT2D eigenvalue weighted by Gasteiger charge is 2.14. The second kappa shape index (κ2) is 5.90. The van der Waals surface area contributed by atoms with Gasteiger partial charge in [-0.1, -0.05) is 23.7 Å². The number of hydrogen-bond donors (Lipinski definition) is 2. The van der Waals surface area contributed by atoms with Crippen molar-refractivity contribution in [2.75, 3.05) is 0 Å². The normalized spacial score (nSPS) is 11.0. The van der Waals surface area contributed by atoms with Crippen LogP contribution >= 0.6 is 11.6 Å². The third-order valence-corrected chi connectivity index (χ3v) is 3.90. The van der Waals surface area contributed by atoms with Crippen LogP contribution < -0.4 is 5.56 Å². The Balaban J connectivity index is 1.82. The fourth-order valence-electron chi connectivity index (χ4n) is 2.59. The van der Waals surface area contributed by atoms with Crippen molar-refractivity contribution in [3.63, 3.8) is 0 Å². The van der Waals surface area contributed by atoms with Gasteiger partial charge >= 0.3 is 0 Å². The fourth-order valence-corrected chi connectivity index (χ4v) is 2.80. The molecular weight excluding hydrogens is 326 g/mol. The molecule has 24 heavy (non-hydrogen) atoms. The first kappa shape index (κ1) is 14.6. The Morgan fingerprint density at radius 3 is 2.88 bits per heavy atom. The maximum Gasteiger partial charge on any atom is 0.276 e. The molecule has 0 aliphatic carbocycles. The molecule has 0 saturated carbocycles. The molecule has 3 heterocycles. The van der Waals surface area contributed by atoms with E-state index in [4.69, 9.17) is 11.6 Å². The van der Waals surface area contributed by atoms with Gasteiger partial charge < -0.3 is 4.98 Å². The van der Waals surface area contributed by atoms with E-state index in [1.165, 1.54) is 0 Å². The molecule has 2 N–H and O–H groups in total. The summed E-state index contributed by atoms with van der Waals surface area (Å²) in [6, 6.07) is 11.2. The summed E-state index contributed by atoms with van der Waals surface area (Å²) in [6.07, 6.45) is 3.85. The second-order valence-electron chi connectivity index (χ2n) is 5.36. The highest BCUT2D eigenvalue weighted by molar-refractivity contribution is 6.30. The lowest BCUT2D eigenvalue weighted by Crippen LogP contribution is -2.12. The van der Waals surface area contributed by atoms with Crippen molar-refractivity contribution in [3.05, 3.63) is 75.6 Å². The van der Waals surface area contributed by atoms with Crippen molar-refractivity contribution in [2.45, 2.75) is 6.42 Å². The zero-order valence-electron chi connectivity index (χ0n) is 12.5. The zero-order valence-corrected chi connectivity index (χ0v) is 13.2. The maximum absolute atomic E-state index is 12.3. The molecule has 0 amide bonds. The van der Waals surface area contributed by atoms with Crippen molar-refractivity contribution in [1.29, 1.82) is 0 Å². The number of aromatic nitrogens is 5. The van der Waals surface area contributed by atoms with E-state index >= 15 is 0 Å². The minimum absolute atomic E-state index is 0.250. The van der Waals surface area contributed by atoms with Crippen LogP contribution in [0.5, 0.6) is 0 Å². The van der Waals surface area contributed by atoms with Crippen molar-refractivity contribution in [3.8, 4) is 11.3 Å². The molecule has 3 aromatic heterocycles. The molecule has 0 bridgehead atoms. The van der Waals surface area contributed by atoms with Crippen molar-refractivity contribution >= 4 is 22.6 Å². The van der Waals surface area contributed by atoms with Gasteiger partial charge in [-0.15, -0.1) is 0 Å². The van der Waals surface area contributed by atoms with Crippen LogP contribution in [-0.4, -0.2) is 25.1 Å². The quantitative estimate of drug-likeness (QED) is 0.601. The molecule has 118 valence electrons. The molecule has 0 fully saturated rings. The van der Waals surface area contributed by atoms with Gasteiger partial charge in [-0.2, -0.15) is 5.10 Å². The summed E-state index contributed by atoms with van der Waals surface area (Å²) in [5, 5.41) is 7.62. The molecule has 4 aromatic rings. The summed E-state index contributed by atoms with van der Waals surface area (Å²) < 4.78 is 0. The third kappa shape index (κ3) is 2.68. The molecule has 1 aromatic carbocycles. The van der Waals surface area contributed by atoms with Gasteiger partial charge in [-0.25, -0.2) is 4.98 Å². The summed E-state index contributed by atoms with van der Waals surface area (Å²) in [7, 11) is 0. The van der Waals surface area contributed by atoms with Gasteiger partial charge in [-0.3, -0.25) is 14.9 Å². The first-order valence-corrected chi connectivity index (χ1v) is 7.70. The van der Waals surface area contributed by atoms with Gasteiger partial charge in [-0.05, 0) is 29.8 Å². The molecule has 0 aliphatic heterocycles. The molecule has 0 saturated heterocycles. The third-order valence-electron chi connectivity index (χ3n) is 3.67. The van der Waals surface area contributed by atoms with Crippen molar-refractivity contribution in [1.82, 2.24) is 25.1 Å². The molecule has 4 rings (SSSR count). The summed E-state index contributed by atoms with van der Waals surface area (Å²) in [5.74, 6) is 0.557. The number of H-pyrrole nitrogens is 2. The van der Waals surface area contributed by atoms with Crippen LogP contribution in [0, 0.1) is 0 Å². The lowest BCUT2D eigenvalue weighted by atomic mass is 10.1. The summed E-state index contributed by atoms with van der Waals surface area (Å²) in [5.41, 5.74) is 3.01. The average molecular weight is 338 g/mol. The molecule has 0 unspecified atom stereocenters. The number of rotatable bonds is 3. The number of fused-ring (bicyclic) bond motifs is 1. The summed E-state index contributed by atoms with van der Waals surface area (Å²) in [6.45, 7) is 0. The number of hydrogen-bond acceptors (Lipinski definition) is 4. The first-order chi connectivity index (χ1) is 11.7. The van der Waals surface area contributed by atoms with E-state index < -0.39 is 0 Å². The van der Waals surface area contributed by atoms with Crippen LogP contribution in [0.25, 0.3) is 22.3 Å². The topological polar surface area (TPSA) is 87.3 Å². The Morgan fingerprint density at radius 2 is 2.08 bits per heavy atom. The predicted octanol–water partition coefficient (Wildman–Crippen LogP) is 2.95. The van der Waals surface area contributed by atoms with E-state index in [0.717, 1.165) is 11.1 Å². The SMILES string of the molecule is O=c1[nH]c(Cc2cccc(Cl)c2)nc2c(-c3cccnc3)n[nH]c12. The summed E-state index contributed by atoms with van der Waals surface area (Å²) >= 11 is 6.01. The van der Waals surface area contributed by atoms with Gasteiger partial charge in [0.2, 0.25) is 0 Å². The van der Waals surface area contributed by atoms with Gasteiger partial charge in [0.15, 0.2) is 0 Å².